The van der Waals surface area contributed by atoms with Gasteiger partial charge in [-0.25, -0.2) is 0 Å². The maximum atomic E-state index is 8.38. The lowest BCUT2D eigenvalue weighted by atomic mass is 10.2. The molecular formula is C7H6N2. The van der Waals surface area contributed by atoms with E-state index in [9.17, 15) is 0 Å². The van der Waals surface area contributed by atoms with Gasteiger partial charge in [0.15, 0.2) is 0 Å². The number of allylic oxidation sites excluding steroid dienone is 2. The highest BCUT2D eigenvalue weighted by atomic mass is 14.3. The molecule has 0 aliphatic heterocycles. The summed E-state index contributed by atoms with van der Waals surface area (Å²) in [7, 11) is 0. The van der Waals surface area contributed by atoms with Crippen LogP contribution in [-0.4, -0.2) is 0 Å². The van der Waals surface area contributed by atoms with Gasteiger partial charge in [0.25, 0.3) is 0 Å². The number of nitriles is 2. The van der Waals surface area contributed by atoms with E-state index in [0.717, 1.165) is 18.4 Å². The standard InChI is InChI=1S/C7H6N2/c8-4-6-1-2-7(3-6)5-9/h3,6H,1-2H2. The van der Waals surface area contributed by atoms with E-state index in [-0.39, 0.29) is 5.92 Å². The van der Waals surface area contributed by atoms with E-state index in [2.05, 4.69) is 6.07 Å². The van der Waals surface area contributed by atoms with Crippen LogP contribution in [0.3, 0.4) is 0 Å². The first-order chi connectivity index (χ1) is 4.36. The van der Waals surface area contributed by atoms with Crippen LogP contribution >= 0.6 is 0 Å². The van der Waals surface area contributed by atoms with Gasteiger partial charge in [0.05, 0.1) is 18.1 Å². The van der Waals surface area contributed by atoms with Crippen LogP contribution in [0.4, 0.5) is 0 Å². The average molecular weight is 118 g/mol. The van der Waals surface area contributed by atoms with Crippen molar-refractivity contribution in [2.24, 2.45) is 5.92 Å². The zero-order valence-corrected chi connectivity index (χ0v) is 4.96. The fourth-order valence-electron chi connectivity index (χ4n) is 0.916. The first kappa shape index (κ1) is 5.85. The summed E-state index contributed by atoms with van der Waals surface area (Å²) in [6.07, 6.45) is 3.37. The van der Waals surface area contributed by atoms with Crippen molar-refractivity contribution in [3.8, 4) is 12.1 Å². The molecule has 2 nitrogen and oxygen atoms in total. The molecule has 0 saturated heterocycles. The molecule has 0 amide bonds. The molecule has 44 valence electrons. The fourth-order valence-corrected chi connectivity index (χ4v) is 0.916. The molecule has 0 aromatic carbocycles. The van der Waals surface area contributed by atoms with Crippen molar-refractivity contribution in [2.75, 3.05) is 0 Å². The minimum absolute atomic E-state index is 0.000324. The molecule has 0 spiro atoms. The second kappa shape index (κ2) is 2.33. The zero-order chi connectivity index (χ0) is 6.69. The smallest absolute Gasteiger partial charge is 0.0944 e. The molecule has 9 heavy (non-hydrogen) atoms. The first-order valence-corrected chi connectivity index (χ1v) is 2.87. The summed E-state index contributed by atoms with van der Waals surface area (Å²) >= 11 is 0. The van der Waals surface area contributed by atoms with Crippen molar-refractivity contribution in [3.63, 3.8) is 0 Å². The number of hydrogen-bond acceptors (Lipinski definition) is 2. The van der Waals surface area contributed by atoms with Crippen LogP contribution in [0.5, 0.6) is 0 Å². The third kappa shape index (κ3) is 1.09. The Hall–Kier alpha value is -1.28. The summed E-state index contributed by atoms with van der Waals surface area (Å²) in [4.78, 5) is 0. The van der Waals surface area contributed by atoms with Crippen LogP contribution in [0.25, 0.3) is 0 Å². The lowest BCUT2D eigenvalue weighted by Gasteiger charge is -1.85. The summed E-state index contributed by atoms with van der Waals surface area (Å²) in [5.41, 5.74) is 0.765. The Morgan fingerprint density at radius 3 is 2.67 bits per heavy atom. The molecule has 1 atom stereocenters. The molecule has 1 rings (SSSR count). The maximum absolute atomic E-state index is 8.38. The lowest BCUT2D eigenvalue weighted by molar-refractivity contribution is 0.781. The molecule has 0 bridgehead atoms. The first-order valence-electron chi connectivity index (χ1n) is 2.87. The zero-order valence-electron chi connectivity index (χ0n) is 4.96. The summed E-state index contributed by atoms with van der Waals surface area (Å²) < 4.78 is 0. The minimum Gasteiger partial charge on any atom is -0.198 e. The predicted molar refractivity (Wildman–Crippen MR) is 32.0 cm³/mol. The van der Waals surface area contributed by atoms with Crippen molar-refractivity contribution in [2.45, 2.75) is 12.8 Å². The van der Waals surface area contributed by atoms with Crippen LogP contribution in [0.1, 0.15) is 12.8 Å². The Bertz CT molecular complexity index is 214. The van der Waals surface area contributed by atoms with Gasteiger partial charge in [-0.1, -0.05) is 6.08 Å². The van der Waals surface area contributed by atoms with Gasteiger partial charge < -0.3 is 0 Å². The molecule has 0 heterocycles. The van der Waals surface area contributed by atoms with Crippen LogP contribution < -0.4 is 0 Å². The Morgan fingerprint density at radius 2 is 2.33 bits per heavy atom. The molecule has 1 unspecified atom stereocenters. The van der Waals surface area contributed by atoms with E-state index in [4.69, 9.17) is 10.5 Å². The second-order valence-electron chi connectivity index (χ2n) is 2.08. The highest BCUT2D eigenvalue weighted by Crippen LogP contribution is 2.21. The monoisotopic (exact) mass is 118 g/mol. The maximum Gasteiger partial charge on any atom is 0.0944 e. The molecule has 0 radical (unpaired) electrons. The third-order valence-electron chi connectivity index (χ3n) is 1.44. The highest BCUT2D eigenvalue weighted by Gasteiger charge is 2.13. The fraction of sp³-hybridized carbons (Fsp3) is 0.429. The minimum atomic E-state index is -0.000324. The third-order valence-corrected chi connectivity index (χ3v) is 1.44. The van der Waals surface area contributed by atoms with E-state index < -0.39 is 0 Å². The van der Waals surface area contributed by atoms with Crippen molar-refractivity contribution in [3.05, 3.63) is 11.6 Å². The van der Waals surface area contributed by atoms with Crippen molar-refractivity contribution >= 4 is 0 Å². The SMILES string of the molecule is N#CC1=CC(C#N)CC1. The quantitative estimate of drug-likeness (QED) is 0.482. The van der Waals surface area contributed by atoms with Crippen LogP contribution in [-0.2, 0) is 0 Å². The lowest BCUT2D eigenvalue weighted by Crippen LogP contribution is -1.81. The van der Waals surface area contributed by atoms with Gasteiger partial charge in [-0.3, -0.25) is 0 Å². The molecule has 1 aliphatic rings. The van der Waals surface area contributed by atoms with Gasteiger partial charge in [-0.15, -0.1) is 0 Å². The Balaban J connectivity index is 2.66. The van der Waals surface area contributed by atoms with E-state index in [0.29, 0.717) is 0 Å². The molecule has 0 aromatic heterocycles. The summed E-state index contributed by atoms with van der Waals surface area (Å²) in [6, 6.07) is 4.14. The van der Waals surface area contributed by atoms with Crippen LogP contribution in [0.2, 0.25) is 0 Å². The number of rotatable bonds is 0. The molecule has 0 fully saturated rings. The van der Waals surface area contributed by atoms with Gasteiger partial charge in [0.2, 0.25) is 0 Å². The van der Waals surface area contributed by atoms with Crippen molar-refractivity contribution in [1.29, 1.82) is 10.5 Å². The predicted octanol–water partition coefficient (Wildman–Crippen LogP) is 1.37. The van der Waals surface area contributed by atoms with E-state index in [1.165, 1.54) is 0 Å². The Labute approximate surface area is 54.0 Å². The van der Waals surface area contributed by atoms with Gasteiger partial charge in [0.1, 0.15) is 0 Å². The molecule has 0 aromatic rings. The Morgan fingerprint density at radius 1 is 1.56 bits per heavy atom. The van der Waals surface area contributed by atoms with Crippen LogP contribution in [0, 0.1) is 28.6 Å². The van der Waals surface area contributed by atoms with E-state index >= 15 is 0 Å². The topological polar surface area (TPSA) is 47.6 Å². The summed E-state index contributed by atoms with van der Waals surface area (Å²) in [5, 5.41) is 16.7. The van der Waals surface area contributed by atoms with E-state index in [1.54, 1.807) is 6.08 Å². The molecule has 1 aliphatic carbocycles. The summed E-state index contributed by atoms with van der Waals surface area (Å²) in [5.74, 6) is -0.000324. The van der Waals surface area contributed by atoms with Gasteiger partial charge in [0, 0.05) is 5.57 Å². The van der Waals surface area contributed by atoms with Crippen LogP contribution in [0.15, 0.2) is 11.6 Å². The van der Waals surface area contributed by atoms with Gasteiger partial charge in [-0.05, 0) is 12.8 Å². The van der Waals surface area contributed by atoms with E-state index in [1.807, 2.05) is 6.07 Å². The largest absolute Gasteiger partial charge is 0.198 e. The van der Waals surface area contributed by atoms with Gasteiger partial charge in [-0.2, -0.15) is 10.5 Å². The number of nitrogens with zero attached hydrogens (tertiary/aromatic N) is 2. The molecule has 0 N–H and O–H groups in total. The average Bonchev–Trinajstić information content (AvgIpc) is 2.34. The van der Waals surface area contributed by atoms with Crippen molar-refractivity contribution in [1.82, 2.24) is 0 Å². The van der Waals surface area contributed by atoms with Gasteiger partial charge >= 0.3 is 0 Å². The Kier molecular flexibility index (Phi) is 1.51. The molecule has 0 saturated carbocycles. The number of hydrogen-bond donors (Lipinski definition) is 0. The second-order valence-corrected chi connectivity index (χ2v) is 2.08. The van der Waals surface area contributed by atoms with Crippen molar-refractivity contribution < 1.29 is 0 Å². The highest BCUT2D eigenvalue weighted by molar-refractivity contribution is 5.27. The normalized spacial score (nSPS) is 24.2. The molecular weight excluding hydrogens is 112 g/mol. The summed E-state index contributed by atoms with van der Waals surface area (Å²) in [6.45, 7) is 0. The molecule has 2 heteroatoms.